The Morgan fingerprint density at radius 1 is 1.25 bits per heavy atom. The van der Waals surface area contributed by atoms with Gasteiger partial charge in [-0.3, -0.25) is 4.79 Å². The van der Waals surface area contributed by atoms with Crippen LogP contribution in [0.3, 0.4) is 0 Å². The third kappa shape index (κ3) is 3.73. The summed E-state index contributed by atoms with van der Waals surface area (Å²) in [5.41, 5.74) is 0. The second kappa shape index (κ2) is 7.41. The maximum absolute atomic E-state index is 12.7. The lowest BCUT2D eigenvalue weighted by atomic mass is 9.96. The van der Waals surface area contributed by atoms with E-state index >= 15 is 0 Å². The van der Waals surface area contributed by atoms with Crippen LogP contribution in [0.15, 0.2) is 0 Å². The number of likely N-dealkylation sites (N-methyl/N-ethyl adjacent to an activating group) is 1. The number of nitrogens with one attached hydrogen (secondary N) is 1. The fourth-order valence-electron chi connectivity index (χ4n) is 3.72. The molecule has 4 nitrogen and oxygen atoms in total. The van der Waals surface area contributed by atoms with Crippen molar-refractivity contribution in [3.05, 3.63) is 0 Å². The van der Waals surface area contributed by atoms with Crippen LogP contribution in [0.1, 0.15) is 46.0 Å². The molecule has 0 aromatic rings. The molecule has 0 bridgehead atoms. The maximum atomic E-state index is 12.7. The Hall–Kier alpha value is -0.610. The van der Waals surface area contributed by atoms with E-state index in [0.717, 1.165) is 38.9 Å². The number of piperidine rings is 1. The summed E-state index contributed by atoms with van der Waals surface area (Å²) in [6.07, 6.45) is 5.85. The van der Waals surface area contributed by atoms with Gasteiger partial charge in [0.15, 0.2) is 0 Å². The van der Waals surface area contributed by atoms with Gasteiger partial charge in [0.05, 0.1) is 6.04 Å². The van der Waals surface area contributed by atoms with E-state index in [-0.39, 0.29) is 6.04 Å². The average molecular weight is 281 g/mol. The molecule has 2 fully saturated rings. The molecule has 2 heterocycles. The highest BCUT2D eigenvalue weighted by molar-refractivity contribution is 5.82. The van der Waals surface area contributed by atoms with E-state index < -0.39 is 0 Å². The third-order valence-corrected chi connectivity index (χ3v) is 5.08. The molecule has 2 aliphatic rings. The Bertz CT molecular complexity index is 321. The zero-order chi connectivity index (χ0) is 14.5. The van der Waals surface area contributed by atoms with Crippen molar-refractivity contribution in [2.75, 3.05) is 33.2 Å². The zero-order valence-corrected chi connectivity index (χ0v) is 13.4. The molecule has 1 amide bonds. The first-order valence-electron chi connectivity index (χ1n) is 8.35. The maximum Gasteiger partial charge on any atom is 0.239 e. The summed E-state index contributed by atoms with van der Waals surface area (Å²) >= 11 is 0. The van der Waals surface area contributed by atoms with Gasteiger partial charge in [-0.2, -0.15) is 0 Å². The highest BCUT2D eigenvalue weighted by atomic mass is 16.2. The van der Waals surface area contributed by atoms with Crippen LogP contribution in [0.4, 0.5) is 0 Å². The number of amides is 1. The molecule has 2 saturated heterocycles. The number of carbonyl (C=O) groups excluding carboxylic acids is 1. The van der Waals surface area contributed by atoms with Crippen LogP contribution >= 0.6 is 0 Å². The molecule has 4 heteroatoms. The predicted molar refractivity (Wildman–Crippen MR) is 82.7 cm³/mol. The summed E-state index contributed by atoms with van der Waals surface area (Å²) in [7, 11) is 1.91. The number of likely N-dealkylation sites (tertiary alicyclic amines) is 2. The van der Waals surface area contributed by atoms with Gasteiger partial charge in [-0.1, -0.05) is 6.92 Å². The first-order valence-corrected chi connectivity index (χ1v) is 8.35. The average Bonchev–Trinajstić information content (AvgIpc) is 2.60. The van der Waals surface area contributed by atoms with Crippen molar-refractivity contribution in [2.24, 2.45) is 5.92 Å². The topological polar surface area (TPSA) is 35.6 Å². The summed E-state index contributed by atoms with van der Waals surface area (Å²) in [6.45, 7) is 8.94. The highest BCUT2D eigenvalue weighted by Crippen LogP contribution is 2.23. The van der Waals surface area contributed by atoms with Gasteiger partial charge in [-0.15, -0.1) is 0 Å². The van der Waals surface area contributed by atoms with Gasteiger partial charge in [0.2, 0.25) is 5.91 Å². The van der Waals surface area contributed by atoms with E-state index in [4.69, 9.17) is 0 Å². The van der Waals surface area contributed by atoms with Gasteiger partial charge in [0.1, 0.15) is 0 Å². The molecule has 0 aliphatic carbocycles. The van der Waals surface area contributed by atoms with E-state index in [2.05, 4.69) is 29.0 Å². The van der Waals surface area contributed by atoms with E-state index in [1.807, 2.05) is 7.05 Å². The first kappa shape index (κ1) is 15.8. The molecule has 3 unspecified atom stereocenters. The minimum Gasteiger partial charge on any atom is -0.338 e. The van der Waals surface area contributed by atoms with Gasteiger partial charge < -0.3 is 15.1 Å². The molecule has 0 radical (unpaired) electrons. The Balaban J connectivity index is 1.99. The number of nitrogens with zero attached hydrogens (tertiary/aromatic N) is 2. The fraction of sp³-hybridized carbons (Fsp3) is 0.938. The zero-order valence-electron chi connectivity index (χ0n) is 13.4. The van der Waals surface area contributed by atoms with E-state index in [9.17, 15) is 4.79 Å². The summed E-state index contributed by atoms with van der Waals surface area (Å²) in [4.78, 5) is 17.4. The number of rotatable bonds is 4. The second-order valence-electron chi connectivity index (χ2n) is 6.51. The Morgan fingerprint density at radius 3 is 2.75 bits per heavy atom. The van der Waals surface area contributed by atoms with Gasteiger partial charge >= 0.3 is 0 Å². The Labute approximate surface area is 123 Å². The van der Waals surface area contributed by atoms with E-state index in [1.54, 1.807) is 0 Å². The van der Waals surface area contributed by atoms with Crippen molar-refractivity contribution < 1.29 is 4.79 Å². The molecular formula is C16H31N3O. The number of hydrogen-bond donors (Lipinski definition) is 1. The Morgan fingerprint density at radius 2 is 2.05 bits per heavy atom. The van der Waals surface area contributed by atoms with Crippen LogP contribution in [0.25, 0.3) is 0 Å². The van der Waals surface area contributed by atoms with Gasteiger partial charge in [-0.05, 0) is 65.1 Å². The monoisotopic (exact) mass is 281 g/mol. The second-order valence-corrected chi connectivity index (χ2v) is 6.51. The predicted octanol–water partition coefficient (Wildman–Crippen LogP) is 1.71. The van der Waals surface area contributed by atoms with Crippen molar-refractivity contribution in [1.29, 1.82) is 0 Å². The molecule has 20 heavy (non-hydrogen) atoms. The summed E-state index contributed by atoms with van der Waals surface area (Å²) in [5.74, 6) is 0.983. The van der Waals surface area contributed by atoms with E-state index in [0.29, 0.717) is 17.9 Å². The first-order chi connectivity index (χ1) is 9.65. The number of carbonyl (C=O) groups is 1. The van der Waals surface area contributed by atoms with Gasteiger partial charge in [0, 0.05) is 19.1 Å². The van der Waals surface area contributed by atoms with Crippen molar-refractivity contribution in [3.63, 3.8) is 0 Å². The largest absolute Gasteiger partial charge is 0.338 e. The van der Waals surface area contributed by atoms with Crippen molar-refractivity contribution in [3.8, 4) is 0 Å². The molecular weight excluding hydrogens is 250 g/mol. The van der Waals surface area contributed by atoms with E-state index in [1.165, 1.54) is 19.4 Å². The quantitative estimate of drug-likeness (QED) is 0.852. The van der Waals surface area contributed by atoms with Crippen molar-refractivity contribution in [2.45, 2.75) is 58.0 Å². The molecule has 2 rings (SSSR count). The lowest BCUT2D eigenvalue weighted by molar-refractivity contribution is -0.135. The van der Waals surface area contributed by atoms with Crippen molar-refractivity contribution in [1.82, 2.24) is 15.1 Å². The van der Waals surface area contributed by atoms with Crippen LogP contribution in [-0.2, 0) is 4.79 Å². The van der Waals surface area contributed by atoms with Crippen LogP contribution in [0.2, 0.25) is 0 Å². The standard InChI is InChI=1S/C16H31N3O/c1-4-18-10-6-8-14(11-18)12-19-13(2)7-5-9-15(17-3)16(19)20/h13-15,17H,4-12H2,1-3H3. The molecule has 0 aromatic heterocycles. The van der Waals surface area contributed by atoms with Crippen LogP contribution < -0.4 is 5.32 Å². The minimum atomic E-state index is 0.0332. The smallest absolute Gasteiger partial charge is 0.239 e. The summed E-state index contributed by atoms with van der Waals surface area (Å²) in [5, 5.41) is 3.20. The fourth-order valence-corrected chi connectivity index (χ4v) is 3.72. The minimum absolute atomic E-state index is 0.0332. The summed E-state index contributed by atoms with van der Waals surface area (Å²) in [6, 6.07) is 0.434. The molecule has 0 saturated carbocycles. The van der Waals surface area contributed by atoms with Crippen LogP contribution in [0, 0.1) is 5.92 Å². The normalized spacial score (nSPS) is 33.2. The lowest BCUT2D eigenvalue weighted by Gasteiger charge is -2.37. The molecule has 2 aliphatic heterocycles. The lowest BCUT2D eigenvalue weighted by Crippen LogP contribution is -2.50. The highest BCUT2D eigenvalue weighted by Gasteiger charge is 2.32. The van der Waals surface area contributed by atoms with Crippen molar-refractivity contribution >= 4 is 5.91 Å². The molecule has 0 spiro atoms. The molecule has 116 valence electrons. The van der Waals surface area contributed by atoms with Gasteiger partial charge in [0.25, 0.3) is 0 Å². The molecule has 1 N–H and O–H groups in total. The van der Waals surface area contributed by atoms with Gasteiger partial charge in [-0.25, -0.2) is 0 Å². The SMILES string of the molecule is CCN1CCCC(CN2C(=O)C(NC)CCCC2C)C1. The number of hydrogen-bond acceptors (Lipinski definition) is 3. The third-order valence-electron chi connectivity index (χ3n) is 5.08. The molecule has 0 aromatic carbocycles. The molecule has 3 atom stereocenters. The van der Waals surface area contributed by atoms with Crippen LogP contribution in [0.5, 0.6) is 0 Å². The van der Waals surface area contributed by atoms with Crippen LogP contribution in [-0.4, -0.2) is 61.0 Å². The Kier molecular flexibility index (Phi) is 5.85. The summed E-state index contributed by atoms with van der Waals surface area (Å²) < 4.78 is 0.